The van der Waals surface area contributed by atoms with Gasteiger partial charge in [-0.15, -0.1) is 0 Å². The van der Waals surface area contributed by atoms with Crippen LogP contribution >= 0.6 is 11.3 Å². The Morgan fingerprint density at radius 1 is 1.47 bits per heavy atom. The predicted molar refractivity (Wildman–Crippen MR) is 67.8 cm³/mol. The number of carbonyl (C=O) groups is 3. The predicted octanol–water partition coefficient (Wildman–Crippen LogP) is -1.11. The minimum Gasteiger partial charge on any atom is -0.468 e. The van der Waals surface area contributed by atoms with Gasteiger partial charge in [0.2, 0.25) is 0 Å². The van der Waals surface area contributed by atoms with Crippen LogP contribution in [-0.4, -0.2) is 48.4 Å². The first-order valence-corrected chi connectivity index (χ1v) is 6.23. The molecule has 2 rings (SSSR count). The van der Waals surface area contributed by atoms with Crippen molar-refractivity contribution in [3.05, 3.63) is 20.2 Å². The molecule has 0 fully saturated rings. The van der Waals surface area contributed by atoms with Gasteiger partial charge in [-0.25, -0.2) is 0 Å². The monoisotopic (exact) mass is 281 g/mol. The van der Waals surface area contributed by atoms with Crippen molar-refractivity contribution >= 4 is 36.7 Å². The molecule has 1 aliphatic rings. The van der Waals surface area contributed by atoms with Gasteiger partial charge in [0, 0.05) is 6.54 Å². The Kier molecular flexibility index (Phi) is 3.96. The maximum atomic E-state index is 11.9. The zero-order chi connectivity index (χ0) is 14.0. The Hall–Kier alpha value is -1.74. The maximum absolute atomic E-state index is 11.9. The summed E-state index contributed by atoms with van der Waals surface area (Å²) in [6.45, 7) is 0.0723. The van der Waals surface area contributed by atoms with E-state index in [2.05, 4.69) is 4.74 Å². The molecule has 99 valence electrons. The van der Waals surface area contributed by atoms with E-state index in [4.69, 9.17) is 0 Å². The average molecular weight is 281 g/mol. The van der Waals surface area contributed by atoms with Crippen LogP contribution in [0.4, 0.5) is 0 Å². The second-order valence-electron chi connectivity index (χ2n) is 3.92. The molecule has 1 radical (unpaired) electrons. The third-order valence-electron chi connectivity index (χ3n) is 2.74. The van der Waals surface area contributed by atoms with E-state index in [1.807, 2.05) is 0 Å². The van der Waals surface area contributed by atoms with Gasteiger partial charge >= 0.3 is 10.8 Å². The summed E-state index contributed by atoms with van der Waals surface area (Å²) >= 11 is 0.819. The van der Waals surface area contributed by atoms with Crippen LogP contribution < -0.4 is 4.87 Å². The Balaban J connectivity index is 2.37. The lowest BCUT2D eigenvalue weighted by Gasteiger charge is -2.24. The van der Waals surface area contributed by atoms with E-state index in [0.29, 0.717) is 16.8 Å². The third-order valence-corrected chi connectivity index (χ3v) is 3.80. The second-order valence-corrected chi connectivity index (χ2v) is 4.88. The molecule has 0 N–H and O–H groups in total. The molecule has 19 heavy (non-hydrogen) atoms. The number of hydrogen-bond acceptors (Lipinski definition) is 7. The van der Waals surface area contributed by atoms with Crippen molar-refractivity contribution in [3.8, 4) is 0 Å². The number of rotatable bonds is 4. The lowest BCUT2D eigenvalue weighted by molar-refractivity contribution is -0.141. The van der Waals surface area contributed by atoms with Gasteiger partial charge in [-0.1, -0.05) is 11.3 Å². The van der Waals surface area contributed by atoms with Crippen molar-refractivity contribution < 1.29 is 19.1 Å². The van der Waals surface area contributed by atoms with Crippen molar-refractivity contribution in [2.24, 2.45) is 0 Å². The first-order valence-electron chi connectivity index (χ1n) is 5.42. The second kappa shape index (κ2) is 5.49. The van der Waals surface area contributed by atoms with Gasteiger partial charge < -0.3 is 14.3 Å². The number of hydrogen-bond donors (Lipinski definition) is 0. The fourth-order valence-electron chi connectivity index (χ4n) is 1.86. The fourth-order valence-corrected chi connectivity index (χ4v) is 2.79. The van der Waals surface area contributed by atoms with E-state index < -0.39 is 5.97 Å². The standard InChI is InChI=1S/C10H10BN2O5S/c1-18-8(16)4-13-6-2-12(11-5-14)3-7(15)9(6)19-10(13)17/h5H,2-4H2,1H3. The Bertz CT molecular complexity index is 593. The van der Waals surface area contributed by atoms with Gasteiger partial charge in [-0.3, -0.25) is 19.0 Å². The number of ether oxygens (including phenoxy) is 1. The van der Waals surface area contributed by atoms with E-state index in [1.165, 1.54) is 23.9 Å². The zero-order valence-corrected chi connectivity index (χ0v) is 10.9. The summed E-state index contributed by atoms with van der Waals surface area (Å²) in [5.41, 5.74) is 0.453. The molecule has 0 spiro atoms. The molecule has 0 saturated carbocycles. The van der Waals surface area contributed by atoms with E-state index in [1.54, 1.807) is 0 Å². The van der Waals surface area contributed by atoms with Crippen LogP contribution in [0.3, 0.4) is 0 Å². The highest BCUT2D eigenvalue weighted by Crippen LogP contribution is 2.20. The van der Waals surface area contributed by atoms with Crippen LogP contribution in [0.25, 0.3) is 0 Å². The first-order chi connectivity index (χ1) is 9.06. The summed E-state index contributed by atoms with van der Waals surface area (Å²) in [7, 11) is 2.47. The summed E-state index contributed by atoms with van der Waals surface area (Å²) in [5, 5.41) is 0. The van der Waals surface area contributed by atoms with Crippen LogP contribution in [0.15, 0.2) is 4.79 Å². The molecule has 0 aromatic carbocycles. The van der Waals surface area contributed by atoms with Crippen molar-refractivity contribution in [3.63, 3.8) is 0 Å². The third kappa shape index (κ3) is 2.66. The van der Waals surface area contributed by atoms with Crippen LogP contribution in [0.5, 0.6) is 0 Å². The van der Waals surface area contributed by atoms with Gasteiger partial charge in [-0.2, -0.15) is 0 Å². The summed E-state index contributed by atoms with van der Waals surface area (Å²) in [6, 6.07) is 0. The van der Waals surface area contributed by atoms with Gasteiger partial charge in [0.05, 0.1) is 30.4 Å². The maximum Gasteiger partial charge on any atom is 0.325 e. The molecule has 1 aromatic heterocycles. The number of thiazole rings is 1. The number of aromatic nitrogens is 1. The number of nitrogens with zero attached hydrogens (tertiary/aromatic N) is 2. The number of ketones is 1. The summed E-state index contributed by atoms with van der Waals surface area (Å²) < 4.78 is 5.73. The molecule has 0 atom stereocenters. The molecular weight excluding hydrogens is 271 g/mol. The Morgan fingerprint density at radius 2 is 2.21 bits per heavy atom. The van der Waals surface area contributed by atoms with Crippen LogP contribution in [-0.2, 0) is 27.4 Å². The minimum absolute atomic E-state index is 0.0594. The first kappa shape index (κ1) is 13.7. The van der Waals surface area contributed by atoms with Crippen molar-refractivity contribution in [1.29, 1.82) is 0 Å². The van der Waals surface area contributed by atoms with Crippen LogP contribution in [0, 0.1) is 0 Å². The zero-order valence-electron chi connectivity index (χ0n) is 10.1. The Morgan fingerprint density at radius 3 is 2.84 bits per heavy atom. The molecule has 9 heteroatoms. The van der Waals surface area contributed by atoms with Gasteiger partial charge in [0.15, 0.2) is 5.78 Å². The minimum atomic E-state index is -0.563. The summed E-state index contributed by atoms with van der Waals surface area (Å²) in [4.78, 5) is 46.8. The number of methoxy groups -OCH3 is 1. The summed E-state index contributed by atoms with van der Waals surface area (Å²) in [5.74, 6) is -0.795. The highest BCUT2D eigenvalue weighted by Gasteiger charge is 2.29. The molecule has 0 amide bonds. The molecule has 0 unspecified atom stereocenters. The smallest absolute Gasteiger partial charge is 0.325 e. The lowest BCUT2D eigenvalue weighted by Crippen LogP contribution is -2.39. The molecule has 0 saturated heterocycles. The van der Waals surface area contributed by atoms with Gasteiger partial charge in [0.1, 0.15) is 6.54 Å². The summed E-state index contributed by atoms with van der Waals surface area (Å²) in [6.07, 6.45) is 0.577. The van der Waals surface area contributed by atoms with E-state index >= 15 is 0 Å². The quantitative estimate of drug-likeness (QED) is 0.395. The fraction of sp³-hybridized carbons (Fsp3) is 0.400. The van der Waals surface area contributed by atoms with E-state index in [9.17, 15) is 19.2 Å². The molecule has 1 aromatic rings. The number of Topliss-reactive ketones (excluding diaryl/α,β-unsaturated/α-hetero) is 1. The van der Waals surface area contributed by atoms with Crippen LogP contribution in [0.2, 0.25) is 0 Å². The van der Waals surface area contributed by atoms with E-state index in [-0.39, 0.29) is 30.3 Å². The van der Waals surface area contributed by atoms with Crippen molar-refractivity contribution in [2.75, 3.05) is 13.7 Å². The highest BCUT2D eigenvalue weighted by molar-refractivity contribution is 7.11. The van der Waals surface area contributed by atoms with Gasteiger partial charge in [0.25, 0.3) is 7.41 Å². The largest absolute Gasteiger partial charge is 0.468 e. The molecule has 1 aliphatic heterocycles. The van der Waals surface area contributed by atoms with Crippen molar-refractivity contribution in [2.45, 2.75) is 13.1 Å². The average Bonchev–Trinajstić information content (AvgIpc) is 2.68. The molecule has 7 nitrogen and oxygen atoms in total. The molecule has 2 heterocycles. The number of carbonyl (C=O) groups excluding carboxylic acids is 3. The normalized spacial score (nSPS) is 14.9. The van der Waals surface area contributed by atoms with Gasteiger partial charge in [-0.05, 0) is 0 Å². The lowest BCUT2D eigenvalue weighted by atomic mass is 9.91. The molecule has 0 aliphatic carbocycles. The topological polar surface area (TPSA) is 85.7 Å². The highest BCUT2D eigenvalue weighted by atomic mass is 32.1. The SMILES string of the molecule is COC(=O)Cn1c2c(sc1=O)C(=O)CN([B]C=O)C2. The Labute approximate surface area is 113 Å². The van der Waals surface area contributed by atoms with E-state index in [0.717, 1.165) is 11.3 Å². The molecule has 0 bridgehead atoms. The van der Waals surface area contributed by atoms with Crippen LogP contribution in [0.1, 0.15) is 15.4 Å². The molecular formula is C10H10BN2O5S. The number of esters is 1. The van der Waals surface area contributed by atoms with Crippen molar-refractivity contribution in [1.82, 2.24) is 9.38 Å². The number of fused-ring (bicyclic) bond motifs is 1.